The molecule has 1 N–H and O–H groups in total. The summed E-state index contributed by atoms with van der Waals surface area (Å²) in [5.74, 6) is -1.19. The maximum Gasteiger partial charge on any atom is 0.294 e. The Morgan fingerprint density at radius 3 is 2.59 bits per heavy atom. The highest BCUT2D eigenvalue weighted by Crippen LogP contribution is 2.34. The van der Waals surface area contributed by atoms with Crippen LogP contribution in [0.4, 0.5) is 16.2 Å². The third-order valence-electron chi connectivity index (χ3n) is 3.99. The maximum absolute atomic E-state index is 12.5. The van der Waals surface area contributed by atoms with E-state index < -0.39 is 28.5 Å². The molecule has 1 fully saturated rings. The van der Waals surface area contributed by atoms with Gasteiger partial charge in [-0.05, 0) is 43.0 Å². The van der Waals surface area contributed by atoms with Crippen LogP contribution in [0.15, 0.2) is 47.4 Å². The van der Waals surface area contributed by atoms with E-state index >= 15 is 0 Å². The molecule has 3 amide bonds. The number of amides is 3. The highest BCUT2D eigenvalue weighted by Gasteiger charge is 2.36. The number of nitrogens with one attached hydrogen (secondary N) is 1. The van der Waals surface area contributed by atoms with Crippen LogP contribution in [0, 0.1) is 17.0 Å². The van der Waals surface area contributed by atoms with E-state index in [9.17, 15) is 24.5 Å². The summed E-state index contributed by atoms with van der Waals surface area (Å²) in [7, 11) is 0. The first-order valence-corrected chi connectivity index (χ1v) is 9.50. The summed E-state index contributed by atoms with van der Waals surface area (Å²) in [6.45, 7) is 1.46. The van der Waals surface area contributed by atoms with Crippen LogP contribution in [0.3, 0.4) is 0 Å². The zero-order valence-corrected chi connectivity index (χ0v) is 16.6. The summed E-state index contributed by atoms with van der Waals surface area (Å²) in [5, 5.41) is 13.1. The van der Waals surface area contributed by atoms with Gasteiger partial charge in [-0.3, -0.25) is 29.4 Å². The molecule has 1 aliphatic rings. The number of halogens is 1. The first kappa shape index (κ1) is 20.6. The second kappa shape index (κ2) is 8.46. The Morgan fingerprint density at radius 2 is 1.93 bits per heavy atom. The van der Waals surface area contributed by atoms with Crippen molar-refractivity contribution in [3.8, 4) is 0 Å². The Bertz CT molecular complexity index is 1050. The molecule has 0 aromatic heterocycles. The van der Waals surface area contributed by atoms with Crippen molar-refractivity contribution >= 4 is 57.9 Å². The lowest BCUT2D eigenvalue weighted by atomic mass is 10.2. The average molecular weight is 432 g/mol. The van der Waals surface area contributed by atoms with Crippen molar-refractivity contribution in [2.75, 3.05) is 11.9 Å². The third-order valence-corrected chi connectivity index (χ3v) is 5.24. The van der Waals surface area contributed by atoms with E-state index in [0.717, 1.165) is 10.5 Å². The lowest BCUT2D eigenvalue weighted by molar-refractivity contribution is -0.384. The topological polar surface area (TPSA) is 110 Å². The summed E-state index contributed by atoms with van der Waals surface area (Å²) in [5.41, 5.74) is 1.61. The fraction of sp³-hybridized carbons (Fsp3) is 0.105. The smallest absolute Gasteiger partial charge is 0.294 e. The Morgan fingerprint density at radius 1 is 1.24 bits per heavy atom. The van der Waals surface area contributed by atoms with Crippen LogP contribution >= 0.6 is 23.4 Å². The number of anilines is 1. The van der Waals surface area contributed by atoms with Gasteiger partial charge in [0.15, 0.2) is 0 Å². The molecule has 3 rings (SSSR count). The molecular formula is C19H14ClN3O5S. The number of aryl methyl sites for hydroxylation is 1. The van der Waals surface area contributed by atoms with Crippen molar-refractivity contribution in [3.05, 3.63) is 73.6 Å². The number of hydrogen-bond donors (Lipinski definition) is 1. The van der Waals surface area contributed by atoms with E-state index in [4.69, 9.17) is 11.6 Å². The lowest BCUT2D eigenvalue weighted by Gasteiger charge is -2.12. The molecule has 10 heteroatoms. The second-order valence-electron chi connectivity index (χ2n) is 6.14. The third kappa shape index (κ3) is 4.82. The molecule has 0 bridgehead atoms. The van der Waals surface area contributed by atoms with Crippen LogP contribution in [0.2, 0.25) is 5.02 Å². The van der Waals surface area contributed by atoms with Gasteiger partial charge in [0.1, 0.15) is 6.54 Å². The number of carbonyl (C=O) groups is 3. The van der Waals surface area contributed by atoms with Gasteiger partial charge in [0.2, 0.25) is 5.91 Å². The Labute approximate surface area is 174 Å². The molecular weight excluding hydrogens is 418 g/mol. The molecule has 8 nitrogen and oxygen atoms in total. The molecule has 0 spiro atoms. The van der Waals surface area contributed by atoms with Crippen LogP contribution in [-0.2, 0) is 9.59 Å². The van der Waals surface area contributed by atoms with Gasteiger partial charge < -0.3 is 5.32 Å². The fourth-order valence-electron chi connectivity index (χ4n) is 2.51. The summed E-state index contributed by atoms with van der Waals surface area (Å²) in [6, 6.07) is 10.9. The highest BCUT2D eigenvalue weighted by atomic mass is 35.5. The Kier molecular flexibility index (Phi) is 6.00. The second-order valence-corrected chi connectivity index (χ2v) is 7.55. The van der Waals surface area contributed by atoms with Crippen molar-refractivity contribution < 1.29 is 19.3 Å². The van der Waals surface area contributed by atoms with E-state index in [2.05, 4.69) is 5.32 Å². The quantitative estimate of drug-likeness (QED) is 0.431. The number of non-ortho nitro benzene ring substituents is 1. The summed E-state index contributed by atoms with van der Waals surface area (Å²) >= 11 is 6.67. The molecule has 0 saturated carbocycles. The van der Waals surface area contributed by atoms with E-state index in [-0.39, 0.29) is 21.2 Å². The molecule has 0 aliphatic carbocycles. The molecule has 0 unspecified atom stereocenters. The number of benzene rings is 2. The van der Waals surface area contributed by atoms with Gasteiger partial charge in [0, 0.05) is 28.4 Å². The molecule has 1 aliphatic heterocycles. The number of rotatable bonds is 5. The first-order chi connectivity index (χ1) is 13.7. The molecule has 0 radical (unpaired) electrons. The van der Waals surface area contributed by atoms with Crippen LogP contribution < -0.4 is 5.32 Å². The predicted octanol–water partition coefficient (Wildman–Crippen LogP) is 4.23. The summed E-state index contributed by atoms with van der Waals surface area (Å²) < 4.78 is 0. The van der Waals surface area contributed by atoms with Crippen LogP contribution in [0.5, 0.6) is 0 Å². The van der Waals surface area contributed by atoms with Gasteiger partial charge in [-0.1, -0.05) is 29.3 Å². The maximum atomic E-state index is 12.5. The van der Waals surface area contributed by atoms with Crippen molar-refractivity contribution in [2.45, 2.75) is 6.92 Å². The average Bonchev–Trinajstić information content (AvgIpc) is 2.92. The normalized spacial score (nSPS) is 15.1. The largest absolute Gasteiger partial charge is 0.325 e. The van der Waals surface area contributed by atoms with E-state index in [0.29, 0.717) is 17.4 Å². The number of hydrogen-bond acceptors (Lipinski definition) is 6. The molecule has 1 saturated heterocycles. The fourth-order valence-corrected chi connectivity index (χ4v) is 3.52. The Balaban J connectivity index is 1.75. The summed E-state index contributed by atoms with van der Waals surface area (Å²) in [4.78, 5) is 48.1. The number of nitro groups is 1. The molecule has 1 heterocycles. The SMILES string of the molecule is Cc1ccc(NC(=O)CN2C(=O)S/C(=C\c3cc([N+](=O)[O-])ccc3Cl)C2=O)cc1. The minimum atomic E-state index is -0.665. The van der Waals surface area contributed by atoms with Gasteiger partial charge in [-0.15, -0.1) is 0 Å². The predicted molar refractivity (Wildman–Crippen MR) is 111 cm³/mol. The van der Waals surface area contributed by atoms with Crippen molar-refractivity contribution in [2.24, 2.45) is 0 Å². The van der Waals surface area contributed by atoms with Crippen LogP contribution in [-0.4, -0.2) is 33.4 Å². The molecule has 2 aromatic rings. The van der Waals surface area contributed by atoms with Crippen LogP contribution in [0.1, 0.15) is 11.1 Å². The number of nitrogens with zero attached hydrogens (tertiary/aromatic N) is 2. The standard InChI is InChI=1S/C19H14ClN3O5S/c1-11-2-4-13(5-3-11)21-17(24)10-22-18(25)16(29-19(22)26)9-12-8-14(23(27)28)6-7-15(12)20/h2-9H,10H2,1H3,(H,21,24)/b16-9-. The minimum Gasteiger partial charge on any atom is -0.325 e. The monoisotopic (exact) mass is 431 g/mol. The molecule has 148 valence electrons. The van der Waals surface area contributed by atoms with Crippen molar-refractivity contribution in [1.82, 2.24) is 4.90 Å². The van der Waals surface area contributed by atoms with Crippen LogP contribution in [0.25, 0.3) is 6.08 Å². The van der Waals surface area contributed by atoms with E-state index in [1.807, 2.05) is 19.1 Å². The van der Waals surface area contributed by atoms with E-state index in [1.165, 1.54) is 24.3 Å². The number of imide groups is 1. The number of thioether (sulfide) groups is 1. The van der Waals surface area contributed by atoms with Gasteiger partial charge >= 0.3 is 0 Å². The van der Waals surface area contributed by atoms with Crippen molar-refractivity contribution in [3.63, 3.8) is 0 Å². The van der Waals surface area contributed by atoms with Gasteiger partial charge in [0.05, 0.1) is 9.83 Å². The number of nitro benzene ring substituents is 1. The number of carbonyl (C=O) groups excluding carboxylic acids is 3. The first-order valence-electron chi connectivity index (χ1n) is 8.30. The molecule has 29 heavy (non-hydrogen) atoms. The zero-order valence-electron chi connectivity index (χ0n) is 15.0. The highest BCUT2D eigenvalue weighted by molar-refractivity contribution is 8.18. The van der Waals surface area contributed by atoms with Gasteiger partial charge in [-0.25, -0.2) is 0 Å². The summed E-state index contributed by atoms with van der Waals surface area (Å²) in [6.07, 6.45) is 1.30. The Hall–Kier alpha value is -3.17. The molecule has 0 atom stereocenters. The lowest BCUT2D eigenvalue weighted by Crippen LogP contribution is -2.36. The van der Waals surface area contributed by atoms with Crippen molar-refractivity contribution in [1.29, 1.82) is 0 Å². The van der Waals surface area contributed by atoms with E-state index in [1.54, 1.807) is 12.1 Å². The van der Waals surface area contributed by atoms with Gasteiger partial charge in [-0.2, -0.15) is 0 Å². The molecule has 2 aromatic carbocycles. The van der Waals surface area contributed by atoms with Gasteiger partial charge in [0.25, 0.3) is 16.8 Å². The zero-order chi connectivity index (χ0) is 21.1. The minimum absolute atomic E-state index is 0.0283.